The van der Waals surface area contributed by atoms with Crippen molar-refractivity contribution in [3.63, 3.8) is 0 Å². The van der Waals surface area contributed by atoms with Gasteiger partial charge in [-0.3, -0.25) is 9.69 Å². The molecule has 0 aromatic carbocycles. The molecule has 14 heavy (non-hydrogen) atoms. The Labute approximate surface area is 85.1 Å². The number of rotatable bonds is 5. The Bertz CT molecular complexity index is 225. The molecule has 0 aliphatic heterocycles. The first-order valence-corrected chi connectivity index (χ1v) is 4.71. The summed E-state index contributed by atoms with van der Waals surface area (Å²) >= 11 is 0. The first-order valence-electron chi connectivity index (χ1n) is 4.71. The quantitative estimate of drug-likeness (QED) is 0.726. The van der Waals surface area contributed by atoms with E-state index in [1.54, 1.807) is 0 Å². The highest BCUT2D eigenvalue weighted by Gasteiger charge is 2.20. The zero-order chi connectivity index (χ0) is 11.2. The van der Waals surface area contributed by atoms with Gasteiger partial charge in [0.2, 0.25) is 0 Å². The third kappa shape index (κ3) is 5.55. The fourth-order valence-electron chi connectivity index (χ4n) is 1.20. The number of carboxylic acids is 1. The lowest BCUT2D eigenvalue weighted by Gasteiger charge is -2.34. The fourth-order valence-corrected chi connectivity index (χ4v) is 1.20. The molecule has 0 saturated carbocycles. The van der Waals surface area contributed by atoms with Crippen molar-refractivity contribution in [3.05, 3.63) is 0 Å². The Balaban J connectivity index is 4.13. The van der Waals surface area contributed by atoms with Crippen LogP contribution in [-0.4, -0.2) is 34.6 Å². The van der Waals surface area contributed by atoms with Crippen molar-refractivity contribution in [2.45, 2.75) is 39.2 Å². The van der Waals surface area contributed by atoms with Crippen LogP contribution in [0.1, 0.15) is 33.6 Å². The Morgan fingerprint density at radius 2 is 2.00 bits per heavy atom. The highest BCUT2D eigenvalue weighted by Crippen LogP contribution is 2.13. The maximum Gasteiger partial charge on any atom is 0.304 e. The lowest BCUT2D eigenvalue weighted by molar-refractivity contribution is -0.137. The Kier molecular flexibility index (Phi) is 5.18. The van der Waals surface area contributed by atoms with Gasteiger partial charge in [0.25, 0.3) is 0 Å². The number of carbonyl (C=O) groups is 1. The molecule has 1 N–H and O–H groups in total. The summed E-state index contributed by atoms with van der Waals surface area (Å²) in [6.45, 7) is 7.19. The van der Waals surface area contributed by atoms with E-state index in [0.717, 1.165) is 0 Å². The second-order valence-corrected chi connectivity index (χ2v) is 4.21. The van der Waals surface area contributed by atoms with Crippen LogP contribution in [0.2, 0.25) is 0 Å². The van der Waals surface area contributed by atoms with E-state index in [-0.39, 0.29) is 12.0 Å². The Morgan fingerprint density at radius 3 is 2.36 bits per heavy atom. The molecule has 0 aromatic rings. The Hall–Kier alpha value is -1.08. The summed E-state index contributed by atoms with van der Waals surface area (Å²) in [6.07, 6.45) is 0.569. The highest BCUT2D eigenvalue weighted by atomic mass is 16.4. The van der Waals surface area contributed by atoms with Crippen LogP contribution in [0, 0.1) is 11.3 Å². The van der Waals surface area contributed by atoms with Crippen LogP contribution in [0.25, 0.3) is 0 Å². The zero-order valence-corrected chi connectivity index (χ0v) is 9.08. The van der Waals surface area contributed by atoms with Gasteiger partial charge in [0.05, 0.1) is 12.5 Å². The molecule has 0 saturated heterocycles. The molecule has 0 spiro atoms. The van der Waals surface area contributed by atoms with Gasteiger partial charge in [-0.1, -0.05) is 0 Å². The van der Waals surface area contributed by atoms with Crippen molar-refractivity contribution < 1.29 is 9.90 Å². The molecular formula is C10H18N2O2. The van der Waals surface area contributed by atoms with E-state index < -0.39 is 5.97 Å². The number of aliphatic carboxylic acids is 1. The largest absolute Gasteiger partial charge is 0.481 e. The third-order valence-corrected chi connectivity index (χ3v) is 2.04. The van der Waals surface area contributed by atoms with Gasteiger partial charge >= 0.3 is 5.97 Å². The van der Waals surface area contributed by atoms with Gasteiger partial charge in [0.15, 0.2) is 0 Å². The molecule has 0 fully saturated rings. The van der Waals surface area contributed by atoms with E-state index in [9.17, 15) is 4.79 Å². The van der Waals surface area contributed by atoms with Gasteiger partial charge in [-0.2, -0.15) is 5.26 Å². The summed E-state index contributed by atoms with van der Waals surface area (Å²) in [4.78, 5) is 12.4. The average Bonchev–Trinajstić information content (AvgIpc) is 2.01. The van der Waals surface area contributed by atoms with E-state index in [2.05, 4.69) is 6.07 Å². The molecule has 0 radical (unpaired) electrons. The van der Waals surface area contributed by atoms with E-state index in [1.165, 1.54) is 0 Å². The monoisotopic (exact) mass is 198 g/mol. The number of nitriles is 1. The molecule has 0 aliphatic rings. The van der Waals surface area contributed by atoms with Gasteiger partial charge < -0.3 is 5.11 Å². The minimum Gasteiger partial charge on any atom is -0.481 e. The molecule has 80 valence electrons. The van der Waals surface area contributed by atoms with Gasteiger partial charge in [0.1, 0.15) is 0 Å². The fraction of sp³-hybridized carbons (Fsp3) is 0.800. The Morgan fingerprint density at radius 1 is 1.43 bits per heavy atom. The van der Waals surface area contributed by atoms with Crippen molar-refractivity contribution in [1.82, 2.24) is 4.90 Å². The summed E-state index contributed by atoms with van der Waals surface area (Å²) in [7, 11) is 0. The number of nitrogens with zero attached hydrogens (tertiary/aromatic N) is 2. The maximum absolute atomic E-state index is 10.4. The van der Waals surface area contributed by atoms with Crippen molar-refractivity contribution in [2.75, 3.05) is 13.1 Å². The van der Waals surface area contributed by atoms with E-state index in [1.807, 2.05) is 25.7 Å². The lowest BCUT2D eigenvalue weighted by Crippen LogP contribution is -2.43. The molecular weight excluding hydrogens is 180 g/mol. The minimum atomic E-state index is -0.795. The smallest absolute Gasteiger partial charge is 0.304 e. The second kappa shape index (κ2) is 5.61. The molecule has 0 aromatic heterocycles. The average molecular weight is 198 g/mol. The predicted molar refractivity (Wildman–Crippen MR) is 53.8 cm³/mol. The lowest BCUT2D eigenvalue weighted by atomic mass is 10.1. The molecule has 0 atom stereocenters. The maximum atomic E-state index is 10.4. The van der Waals surface area contributed by atoms with Crippen LogP contribution in [0.5, 0.6) is 0 Å². The normalized spacial score (nSPS) is 11.4. The predicted octanol–water partition coefficient (Wildman–Crippen LogP) is 1.48. The summed E-state index contributed by atoms with van der Waals surface area (Å²) in [5.74, 6) is -0.795. The van der Waals surface area contributed by atoms with Gasteiger partial charge in [-0.15, -0.1) is 0 Å². The third-order valence-electron chi connectivity index (χ3n) is 2.04. The van der Waals surface area contributed by atoms with Gasteiger partial charge in [-0.05, 0) is 20.8 Å². The van der Waals surface area contributed by atoms with Crippen molar-refractivity contribution in [3.8, 4) is 6.07 Å². The van der Waals surface area contributed by atoms with Crippen LogP contribution in [0.4, 0.5) is 0 Å². The van der Waals surface area contributed by atoms with Gasteiger partial charge in [0, 0.05) is 25.0 Å². The van der Waals surface area contributed by atoms with Crippen LogP contribution < -0.4 is 0 Å². The molecule has 0 rings (SSSR count). The first-order chi connectivity index (χ1) is 6.38. The topological polar surface area (TPSA) is 64.3 Å². The summed E-state index contributed by atoms with van der Waals surface area (Å²) < 4.78 is 0. The molecule has 4 heteroatoms. The molecule has 0 heterocycles. The highest BCUT2D eigenvalue weighted by molar-refractivity contribution is 5.66. The molecule has 4 nitrogen and oxygen atoms in total. The summed E-state index contributed by atoms with van der Waals surface area (Å²) in [6, 6.07) is 2.07. The van der Waals surface area contributed by atoms with Crippen molar-refractivity contribution in [1.29, 1.82) is 5.26 Å². The minimum absolute atomic E-state index is 0.0771. The molecule has 0 bridgehead atoms. The zero-order valence-electron chi connectivity index (χ0n) is 9.08. The van der Waals surface area contributed by atoms with Crippen LogP contribution in [0.15, 0.2) is 0 Å². The van der Waals surface area contributed by atoms with Gasteiger partial charge in [-0.25, -0.2) is 0 Å². The first kappa shape index (κ1) is 12.9. The number of hydrogen-bond donors (Lipinski definition) is 1. The van der Waals surface area contributed by atoms with Crippen molar-refractivity contribution >= 4 is 5.97 Å². The molecule has 0 amide bonds. The van der Waals surface area contributed by atoms with Crippen LogP contribution >= 0.6 is 0 Å². The van der Waals surface area contributed by atoms with Crippen LogP contribution in [0.3, 0.4) is 0 Å². The standard InChI is InChI=1S/C10H18N2O2/c1-10(2,3)12(7-4-6-11)8-5-9(13)14/h4-5,7-8H2,1-3H3,(H,13,14). The van der Waals surface area contributed by atoms with E-state index in [0.29, 0.717) is 19.5 Å². The second-order valence-electron chi connectivity index (χ2n) is 4.21. The van der Waals surface area contributed by atoms with Crippen LogP contribution in [-0.2, 0) is 4.79 Å². The molecule has 0 aliphatic carbocycles. The SMILES string of the molecule is CC(C)(C)N(CCC#N)CCC(=O)O. The molecule has 0 unspecified atom stereocenters. The number of carboxylic acid groups (broad SMARTS) is 1. The van der Waals surface area contributed by atoms with E-state index >= 15 is 0 Å². The summed E-state index contributed by atoms with van der Waals surface area (Å²) in [5, 5.41) is 17.0. The summed E-state index contributed by atoms with van der Waals surface area (Å²) in [5.41, 5.74) is -0.0771. The van der Waals surface area contributed by atoms with E-state index in [4.69, 9.17) is 10.4 Å². The number of hydrogen-bond acceptors (Lipinski definition) is 3. The van der Waals surface area contributed by atoms with Crippen molar-refractivity contribution in [2.24, 2.45) is 0 Å².